The van der Waals surface area contributed by atoms with Crippen LogP contribution in [0.5, 0.6) is 0 Å². The van der Waals surface area contributed by atoms with Crippen LogP contribution in [0.15, 0.2) is 0 Å². The van der Waals surface area contributed by atoms with Crippen molar-refractivity contribution in [3.63, 3.8) is 0 Å². The molecule has 1 saturated carbocycles. The van der Waals surface area contributed by atoms with Crippen LogP contribution in [0, 0.1) is 11.3 Å². The summed E-state index contributed by atoms with van der Waals surface area (Å²) in [5.41, 5.74) is -0.657. The highest BCUT2D eigenvalue weighted by Gasteiger charge is 2.48. The smallest absolute Gasteiger partial charge is 0.312 e. The summed E-state index contributed by atoms with van der Waals surface area (Å²) in [5, 5.41) is 9.58. The molecule has 0 spiro atoms. The molecular weight excluding hydrogens is 220 g/mol. The molecule has 3 atom stereocenters. The third-order valence-corrected chi connectivity index (χ3v) is 4.44. The lowest BCUT2D eigenvalue weighted by Crippen LogP contribution is -2.47. The van der Waals surface area contributed by atoms with Crippen molar-refractivity contribution in [2.24, 2.45) is 11.3 Å². The maximum atomic E-state index is 11.6. The molecule has 0 aromatic rings. The number of hydrogen-bond donors (Lipinski definition) is 1. The molecule has 3 unspecified atom stereocenters. The molecule has 2 rings (SSSR count). The Kier molecular flexibility index (Phi) is 4.05. The van der Waals surface area contributed by atoms with Gasteiger partial charge >= 0.3 is 5.97 Å². The minimum Gasteiger partial charge on any atom is -0.481 e. The van der Waals surface area contributed by atoms with Crippen molar-refractivity contribution in [1.82, 2.24) is 0 Å². The van der Waals surface area contributed by atoms with Crippen LogP contribution in [0.25, 0.3) is 0 Å². The first kappa shape index (κ1) is 12.8. The van der Waals surface area contributed by atoms with Crippen LogP contribution in [0.2, 0.25) is 0 Å². The van der Waals surface area contributed by atoms with Crippen LogP contribution in [0.1, 0.15) is 38.5 Å². The summed E-state index contributed by atoms with van der Waals surface area (Å²) >= 11 is 0. The Labute approximate surface area is 102 Å². The van der Waals surface area contributed by atoms with Gasteiger partial charge in [-0.05, 0) is 38.0 Å². The Bertz CT molecular complexity index is 271. The van der Waals surface area contributed by atoms with Gasteiger partial charge in [-0.25, -0.2) is 0 Å². The van der Waals surface area contributed by atoms with E-state index in [2.05, 4.69) is 0 Å². The SMILES string of the molecule is COC1CCCC(C2(C(=O)O)CCCOC2)C1. The lowest BCUT2D eigenvalue weighted by Gasteiger charge is -2.43. The zero-order chi connectivity index (χ0) is 12.3. The monoisotopic (exact) mass is 242 g/mol. The van der Waals surface area contributed by atoms with E-state index in [9.17, 15) is 9.90 Å². The van der Waals surface area contributed by atoms with Crippen molar-refractivity contribution in [3.8, 4) is 0 Å². The molecule has 1 heterocycles. The Morgan fingerprint density at radius 2 is 2.24 bits per heavy atom. The molecule has 0 aromatic carbocycles. The van der Waals surface area contributed by atoms with Crippen molar-refractivity contribution < 1.29 is 19.4 Å². The highest BCUT2D eigenvalue weighted by molar-refractivity contribution is 5.75. The molecule has 17 heavy (non-hydrogen) atoms. The van der Waals surface area contributed by atoms with Gasteiger partial charge in [-0.1, -0.05) is 6.42 Å². The number of carboxylic acid groups (broad SMARTS) is 1. The molecule has 1 aliphatic heterocycles. The molecular formula is C13H22O4. The second-order valence-corrected chi connectivity index (χ2v) is 5.34. The van der Waals surface area contributed by atoms with Crippen molar-refractivity contribution in [1.29, 1.82) is 0 Å². The van der Waals surface area contributed by atoms with Crippen molar-refractivity contribution >= 4 is 5.97 Å². The summed E-state index contributed by atoms with van der Waals surface area (Å²) in [7, 11) is 1.72. The van der Waals surface area contributed by atoms with Crippen molar-refractivity contribution in [3.05, 3.63) is 0 Å². The summed E-state index contributed by atoms with van der Waals surface area (Å²) in [6, 6.07) is 0. The molecule has 2 aliphatic rings. The number of methoxy groups -OCH3 is 1. The first-order valence-electron chi connectivity index (χ1n) is 6.53. The van der Waals surface area contributed by atoms with Crippen molar-refractivity contribution in [2.75, 3.05) is 20.3 Å². The minimum absolute atomic E-state index is 0.207. The number of hydrogen-bond acceptors (Lipinski definition) is 3. The maximum absolute atomic E-state index is 11.6. The number of carbonyl (C=O) groups is 1. The Morgan fingerprint density at radius 1 is 1.41 bits per heavy atom. The van der Waals surface area contributed by atoms with Gasteiger partial charge in [0.1, 0.15) is 0 Å². The molecule has 4 heteroatoms. The van der Waals surface area contributed by atoms with Gasteiger partial charge in [0.05, 0.1) is 18.1 Å². The lowest BCUT2D eigenvalue weighted by molar-refractivity contribution is -0.167. The van der Waals surface area contributed by atoms with Gasteiger partial charge in [-0.3, -0.25) is 4.79 Å². The van der Waals surface area contributed by atoms with Crippen molar-refractivity contribution in [2.45, 2.75) is 44.6 Å². The van der Waals surface area contributed by atoms with Gasteiger partial charge in [-0.15, -0.1) is 0 Å². The molecule has 0 amide bonds. The zero-order valence-corrected chi connectivity index (χ0v) is 10.5. The van der Waals surface area contributed by atoms with Gasteiger partial charge in [0, 0.05) is 13.7 Å². The van der Waals surface area contributed by atoms with E-state index >= 15 is 0 Å². The molecule has 1 saturated heterocycles. The van der Waals surface area contributed by atoms with E-state index in [1.807, 2.05) is 0 Å². The van der Waals surface area contributed by atoms with E-state index in [1.54, 1.807) is 7.11 Å². The molecule has 2 fully saturated rings. The van der Waals surface area contributed by atoms with E-state index in [1.165, 1.54) is 0 Å². The van der Waals surface area contributed by atoms with Crippen LogP contribution in [-0.2, 0) is 14.3 Å². The van der Waals surface area contributed by atoms with Crippen LogP contribution in [-0.4, -0.2) is 37.5 Å². The van der Waals surface area contributed by atoms with Crippen LogP contribution < -0.4 is 0 Å². The Hall–Kier alpha value is -0.610. The van der Waals surface area contributed by atoms with Crippen LogP contribution in [0.3, 0.4) is 0 Å². The average molecular weight is 242 g/mol. The molecule has 0 aromatic heterocycles. The first-order chi connectivity index (χ1) is 8.19. The second kappa shape index (κ2) is 5.36. The molecule has 98 valence electrons. The minimum atomic E-state index is -0.682. The van der Waals surface area contributed by atoms with E-state index in [0.717, 1.165) is 38.5 Å². The topological polar surface area (TPSA) is 55.8 Å². The molecule has 1 aliphatic carbocycles. The highest BCUT2D eigenvalue weighted by Crippen LogP contribution is 2.44. The molecule has 1 N–H and O–H groups in total. The number of aliphatic carboxylic acids is 1. The quantitative estimate of drug-likeness (QED) is 0.823. The number of carboxylic acids is 1. The predicted octanol–water partition coefficient (Wildman–Crippen LogP) is 2.07. The predicted molar refractivity (Wildman–Crippen MR) is 62.9 cm³/mol. The summed E-state index contributed by atoms with van der Waals surface area (Å²) < 4.78 is 10.9. The Morgan fingerprint density at radius 3 is 2.82 bits per heavy atom. The van der Waals surface area contributed by atoms with Gasteiger partial charge in [0.15, 0.2) is 0 Å². The zero-order valence-electron chi connectivity index (χ0n) is 10.5. The molecule has 0 radical (unpaired) electrons. The summed E-state index contributed by atoms with van der Waals surface area (Å²) in [5.74, 6) is -0.474. The molecule has 0 bridgehead atoms. The Balaban J connectivity index is 2.12. The summed E-state index contributed by atoms with van der Waals surface area (Å²) in [6.07, 6.45) is 5.83. The van der Waals surface area contributed by atoms with Crippen LogP contribution >= 0.6 is 0 Å². The van der Waals surface area contributed by atoms with E-state index in [4.69, 9.17) is 9.47 Å². The fraction of sp³-hybridized carbons (Fsp3) is 0.923. The maximum Gasteiger partial charge on any atom is 0.312 e. The second-order valence-electron chi connectivity index (χ2n) is 5.34. The molecule has 4 nitrogen and oxygen atoms in total. The fourth-order valence-electron chi connectivity index (χ4n) is 3.34. The third-order valence-electron chi connectivity index (χ3n) is 4.44. The average Bonchev–Trinajstić information content (AvgIpc) is 2.39. The third kappa shape index (κ3) is 2.47. The van der Waals surface area contributed by atoms with E-state index in [-0.39, 0.29) is 12.0 Å². The standard InChI is InChI=1S/C13H22O4/c1-16-11-5-2-4-10(8-11)13(12(14)15)6-3-7-17-9-13/h10-11H,2-9H2,1H3,(H,14,15). The lowest BCUT2D eigenvalue weighted by atomic mass is 9.65. The van der Waals surface area contributed by atoms with Gasteiger partial charge < -0.3 is 14.6 Å². The van der Waals surface area contributed by atoms with Gasteiger partial charge in [0.2, 0.25) is 0 Å². The largest absolute Gasteiger partial charge is 0.481 e. The fourth-order valence-corrected chi connectivity index (χ4v) is 3.34. The summed E-state index contributed by atoms with van der Waals surface area (Å²) in [6.45, 7) is 1.08. The van der Waals surface area contributed by atoms with Crippen LogP contribution in [0.4, 0.5) is 0 Å². The van der Waals surface area contributed by atoms with Gasteiger partial charge in [0.25, 0.3) is 0 Å². The van der Waals surface area contributed by atoms with E-state index < -0.39 is 11.4 Å². The summed E-state index contributed by atoms with van der Waals surface area (Å²) in [4.78, 5) is 11.6. The number of rotatable bonds is 3. The van der Waals surface area contributed by atoms with E-state index in [0.29, 0.717) is 13.2 Å². The first-order valence-corrected chi connectivity index (χ1v) is 6.53. The van der Waals surface area contributed by atoms with Gasteiger partial charge in [-0.2, -0.15) is 0 Å². The normalized spacial score (nSPS) is 38.9. The number of ether oxygens (including phenoxy) is 2. The highest BCUT2D eigenvalue weighted by atomic mass is 16.5.